The van der Waals surface area contributed by atoms with Gasteiger partial charge in [0.2, 0.25) is 0 Å². The molecule has 0 aromatic carbocycles. The summed E-state index contributed by atoms with van der Waals surface area (Å²) in [7, 11) is 4.02. The number of hydrazine groups is 2. The van der Waals surface area contributed by atoms with E-state index in [0.717, 1.165) is 13.1 Å². The zero-order chi connectivity index (χ0) is 13.9. The van der Waals surface area contributed by atoms with Crippen molar-refractivity contribution in [2.75, 3.05) is 27.2 Å². The predicted octanol–water partition coefficient (Wildman–Crippen LogP) is 1.20. The lowest BCUT2D eigenvalue weighted by molar-refractivity contribution is 0.288. The van der Waals surface area contributed by atoms with Gasteiger partial charge < -0.3 is 5.73 Å². The highest BCUT2D eigenvalue weighted by Crippen LogP contribution is 1.95. The van der Waals surface area contributed by atoms with Crippen LogP contribution in [0.15, 0.2) is 0 Å². The van der Waals surface area contributed by atoms with Gasteiger partial charge in [-0.1, -0.05) is 39.5 Å². The first-order chi connectivity index (χ1) is 8.18. The largest absolute Gasteiger partial charge is 0.330 e. The minimum absolute atomic E-state index is 0.861. The summed E-state index contributed by atoms with van der Waals surface area (Å²) in [5, 5.41) is 1.98. The lowest BCUT2D eigenvalue weighted by atomic mass is 10.2. The smallest absolute Gasteiger partial charge is 0.0102 e. The van der Waals surface area contributed by atoms with Crippen LogP contribution < -0.4 is 22.8 Å². The van der Waals surface area contributed by atoms with E-state index in [0.29, 0.717) is 0 Å². The van der Waals surface area contributed by atoms with Crippen LogP contribution in [-0.4, -0.2) is 32.2 Å². The first kappa shape index (κ1) is 22.0. The summed E-state index contributed by atoms with van der Waals surface area (Å²) in [6.45, 7) is 6.36. The lowest BCUT2D eigenvalue weighted by Gasteiger charge is -2.09. The first-order valence-electron chi connectivity index (χ1n) is 6.63. The zero-order valence-corrected chi connectivity index (χ0v) is 12.3. The molecular formula is C12H35N5. The van der Waals surface area contributed by atoms with Gasteiger partial charge >= 0.3 is 0 Å². The van der Waals surface area contributed by atoms with Crippen LogP contribution in [0.4, 0.5) is 0 Å². The number of hydrogen-bond donors (Lipinski definition) is 4. The van der Waals surface area contributed by atoms with Crippen LogP contribution in [0.25, 0.3) is 0 Å². The van der Waals surface area contributed by atoms with E-state index in [1.807, 2.05) is 19.1 Å². The number of nitrogens with zero attached hydrogens (tertiary/aromatic N) is 1. The Bertz CT molecular complexity index is 94.9. The van der Waals surface area contributed by atoms with Crippen LogP contribution in [0, 0.1) is 0 Å². The summed E-state index contributed by atoms with van der Waals surface area (Å²) in [5.74, 6) is 8.00. The van der Waals surface area contributed by atoms with E-state index in [9.17, 15) is 0 Å². The van der Waals surface area contributed by atoms with Gasteiger partial charge in [0.05, 0.1) is 0 Å². The van der Waals surface area contributed by atoms with Gasteiger partial charge in [0.1, 0.15) is 0 Å². The number of unbranched alkanes of at least 4 members (excludes halogenated alkanes) is 4. The van der Waals surface area contributed by atoms with Crippen molar-refractivity contribution in [3.8, 4) is 0 Å². The fraction of sp³-hybridized carbons (Fsp3) is 1.00. The summed E-state index contributed by atoms with van der Waals surface area (Å²) in [6.07, 6.45) is 7.69. The molecule has 5 nitrogen and oxygen atoms in total. The Morgan fingerprint density at radius 1 is 0.882 bits per heavy atom. The maximum Gasteiger partial charge on any atom is 0.0102 e. The fourth-order valence-corrected chi connectivity index (χ4v) is 1.05. The monoisotopic (exact) mass is 249 g/mol. The van der Waals surface area contributed by atoms with Crippen molar-refractivity contribution >= 4 is 0 Å². The first-order valence-corrected chi connectivity index (χ1v) is 6.63. The molecular weight excluding hydrogens is 214 g/mol. The molecule has 0 radical (unpaired) electrons. The van der Waals surface area contributed by atoms with E-state index in [2.05, 4.69) is 31.0 Å². The van der Waals surface area contributed by atoms with Crippen molar-refractivity contribution in [2.45, 2.75) is 52.4 Å². The van der Waals surface area contributed by atoms with Crippen molar-refractivity contribution in [3.05, 3.63) is 0 Å². The van der Waals surface area contributed by atoms with Crippen LogP contribution in [-0.2, 0) is 0 Å². The van der Waals surface area contributed by atoms with Crippen LogP contribution >= 0.6 is 0 Å². The summed E-state index contributed by atoms with van der Waals surface area (Å²) in [4.78, 5) is 0. The molecule has 0 aliphatic carbocycles. The van der Waals surface area contributed by atoms with E-state index in [1.54, 1.807) is 0 Å². The molecule has 0 spiro atoms. The van der Waals surface area contributed by atoms with Gasteiger partial charge in [-0.3, -0.25) is 22.1 Å². The Morgan fingerprint density at radius 2 is 1.41 bits per heavy atom. The summed E-state index contributed by atoms with van der Waals surface area (Å²) < 4.78 is 0. The Kier molecular flexibility index (Phi) is 32.2. The molecule has 0 aliphatic rings. The second kappa shape index (κ2) is 24.9. The normalized spacial score (nSPS) is 9.18. The molecule has 0 atom stereocenters. The van der Waals surface area contributed by atoms with Crippen molar-refractivity contribution in [3.63, 3.8) is 0 Å². The van der Waals surface area contributed by atoms with Crippen molar-refractivity contribution in [1.82, 2.24) is 10.4 Å². The van der Waals surface area contributed by atoms with Crippen LogP contribution in [0.3, 0.4) is 0 Å². The maximum atomic E-state index is 5.27. The molecule has 0 aromatic rings. The van der Waals surface area contributed by atoms with Gasteiger partial charge in [-0.25, -0.2) is 0 Å². The van der Waals surface area contributed by atoms with Gasteiger partial charge in [-0.15, -0.1) is 0 Å². The lowest BCUT2D eigenvalue weighted by Crippen LogP contribution is -2.30. The second-order valence-corrected chi connectivity index (χ2v) is 4.01. The zero-order valence-electron chi connectivity index (χ0n) is 12.3. The van der Waals surface area contributed by atoms with Crippen LogP contribution in [0.2, 0.25) is 0 Å². The van der Waals surface area contributed by atoms with E-state index in [-0.39, 0.29) is 0 Å². The van der Waals surface area contributed by atoms with Crippen LogP contribution in [0.5, 0.6) is 0 Å². The Hall–Kier alpha value is -0.200. The fourth-order valence-electron chi connectivity index (χ4n) is 1.05. The summed E-state index contributed by atoms with van der Waals surface area (Å²) in [5.41, 5.74) is 8.45. The Morgan fingerprint density at radius 3 is 1.76 bits per heavy atom. The molecule has 5 heteroatoms. The van der Waals surface area contributed by atoms with Crippen LogP contribution in [0.1, 0.15) is 52.4 Å². The highest BCUT2D eigenvalue weighted by Gasteiger charge is 1.83. The number of hydrogen-bond acceptors (Lipinski definition) is 5. The highest BCUT2D eigenvalue weighted by atomic mass is 15.5. The van der Waals surface area contributed by atoms with Gasteiger partial charge in [0.15, 0.2) is 0 Å². The third-order valence-electron chi connectivity index (χ3n) is 2.02. The molecule has 0 aliphatic heterocycles. The van der Waals surface area contributed by atoms with Gasteiger partial charge in [-0.2, -0.15) is 0 Å². The number of nitrogens with two attached hydrogens (primary N) is 3. The number of rotatable bonds is 8. The minimum atomic E-state index is 0.861. The molecule has 0 saturated carbocycles. The molecule has 7 N–H and O–H groups in total. The average Bonchev–Trinajstić information content (AvgIpc) is 2.33. The predicted molar refractivity (Wildman–Crippen MR) is 78.2 cm³/mol. The Balaban J connectivity index is -0.000000202. The Labute approximate surface area is 108 Å². The van der Waals surface area contributed by atoms with Gasteiger partial charge in [0, 0.05) is 20.6 Å². The molecule has 17 heavy (non-hydrogen) atoms. The van der Waals surface area contributed by atoms with E-state index in [1.165, 1.54) is 38.5 Å². The van der Waals surface area contributed by atoms with Crippen molar-refractivity contribution in [2.24, 2.45) is 17.4 Å². The second-order valence-electron chi connectivity index (χ2n) is 4.01. The molecule has 0 unspecified atom stereocenters. The third kappa shape index (κ3) is 38.9. The van der Waals surface area contributed by atoms with Gasteiger partial charge in [0.25, 0.3) is 0 Å². The molecule has 0 rings (SSSR count). The van der Waals surface area contributed by atoms with E-state index < -0.39 is 0 Å². The molecule has 0 saturated heterocycles. The van der Waals surface area contributed by atoms with E-state index >= 15 is 0 Å². The molecule has 0 bridgehead atoms. The highest BCUT2D eigenvalue weighted by molar-refractivity contribution is 4.38. The molecule has 0 aromatic heterocycles. The molecule has 0 amide bonds. The summed E-state index contributed by atoms with van der Waals surface area (Å²) in [6, 6.07) is 0. The molecule has 0 fully saturated rings. The van der Waals surface area contributed by atoms with Gasteiger partial charge in [-0.05, 0) is 19.4 Å². The minimum Gasteiger partial charge on any atom is -0.330 e. The van der Waals surface area contributed by atoms with E-state index in [4.69, 9.17) is 5.73 Å². The standard InChI is InChI=1S/C6H16N2.C6H15N.H4N2/c1-4-5-6-7-8(2)3;1-2-3-4-5-6-7;1-2/h7H,4-6H2,1-3H3;2-7H2,1H3;1-2H2. The van der Waals surface area contributed by atoms with Crippen molar-refractivity contribution in [1.29, 1.82) is 0 Å². The SMILES string of the molecule is CCCCCCN.CCCCNN(C)C.NN. The molecule has 0 heterocycles. The van der Waals surface area contributed by atoms with Crippen molar-refractivity contribution < 1.29 is 0 Å². The molecule has 108 valence electrons. The third-order valence-corrected chi connectivity index (χ3v) is 2.02. The summed E-state index contributed by atoms with van der Waals surface area (Å²) >= 11 is 0. The average molecular weight is 249 g/mol. The quantitative estimate of drug-likeness (QED) is 0.295. The number of nitrogens with one attached hydrogen (secondary N) is 1. The maximum absolute atomic E-state index is 5.27. The topological polar surface area (TPSA) is 93.3 Å².